The molecule has 0 spiro atoms. The largest absolute Gasteiger partial charge is 0.394 e. The number of hydrogen-bond donors (Lipinski definition) is 19. The van der Waals surface area contributed by atoms with E-state index in [2.05, 4.69) is 47.6 Å². The van der Waals surface area contributed by atoms with Crippen molar-refractivity contribution in [1.82, 2.24) is 0 Å². The van der Waals surface area contributed by atoms with Gasteiger partial charge in [-0.2, -0.15) is 0 Å². The highest BCUT2D eigenvalue weighted by Crippen LogP contribution is 2.64. The fraction of sp³-hybridized carbons (Fsp3) is 0.970. The summed E-state index contributed by atoms with van der Waals surface area (Å²) in [6.07, 6.45) is -27.0. The summed E-state index contributed by atoms with van der Waals surface area (Å²) >= 11 is 0. The molecule has 554 valence electrons. The summed E-state index contributed by atoms with van der Waals surface area (Å²) in [6, 6.07) is 0. The summed E-state index contributed by atoms with van der Waals surface area (Å²) < 4.78 is 55.1. The Labute approximate surface area is 557 Å². The lowest BCUT2D eigenvalue weighted by Gasteiger charge is -2.62. The van der Waals surface area contributed by atoms with Crippen molar-refractivity contribution in [2.75, 3.05) is 59.5 Å². The number of aliphatic hydroxyl groups is 19. The van der Waals surface area contributed by atoms with E-state index in [1.54, 1.807) is 20.8 Å². The van der Waals surface area contributed by atoms with Gasteiger partial charge in [-0.1, -0.05) is 60.1 Å². The first kappa shape index (κ1) is 79.3. The molecule has 95 heavy (non-hydrogen) atoms. The molecule has 28 nitrogen and oxygen atoms in total. The Balaban J connectivity index is 0.903. The van der Waals surface area contributed by atoms with E-state index in [-0.39, 0.29) is 67.9 Å². The number of rotatable bonds is 25. The number of fused-ring (bicyclic) bond motifs is 3. The maximum atomic E-state index is 12.6. The molecule has 28 heteroatoms. The minimum Gasteiger partial charge on any atom is -0.394 e. The van der Waals surface area contributed by atoms with Gasteiger partial charge in [0, 0.05) is 22.2 Å². The predicted octanol–water partition coefficient (Wildman–Crippen LogP) is -3.34. The van der Waals surface area contributed by atoms with E-state index < -0.39 is 219 Å². The van der Waals surface area contributed by atoms with E-state index in [9.17, 15) is 97.0 Å². The lowest BCUT2D eigenvalue weighted by Crippen LogP contribution is -2.69. The molecule has 35 atom stereocenters. The molecule has 3 saturated carbocycles. The third kappa shape index (κ3) is 15.5. The van der Waals surface area contributed by atoms with E-state index in [0.717, 1.165) is 12.8 Å². The van der Waals surface area contributed by atoms with Crippen LogP contribution in [-0.4, -0.2) is 319 Å². The van der Waals surface area contributed by atoms with Crippen LogP contribution >= 0.6 is 0 Å². The minimum absolute atomic E-state index is 0.0391. The first-order chi connectivity index (χ1) is 44.1. The van der Waals surface area contributed by atoms with Crippen molar-refractivity contribution < 1.29 is 140 Å². The Bertz CT molecular complexity index is 2490. The van der Waals surface area contributed by atoms with Crippen molar-refractivity contribution in [2.24, 2.45) is 57.7 Å². The van der Waals surface area contributed by atoms with Crippen LogP contribution in [0, 0.1) is 57.7 Å². The van der Waals surface area contributed by atoms with Gasteiger partial charge in [-0.15, -0.1) is 0 Å². The summed E-state index contributed by atoms with van der Waals surface area (Å²) in [5.41, 5.74) is -5.45. The van der Waals surface area contributed by atoms with Crippen molar-refractivity contribution in [3.05, 3.63) is 11.6 Å². The van der Waals surface area contributed by atoms with Crippen LogP contribution in [-0.2, 0) is 42.6 Å². The molecule has 0 aromatic heterocycles. The second-order valence-electron chi connectivity index (χ2n) is 32.0. The second kappa shape index (κ2) is 30.5. The van der Waals surface area contributed by atoms with Gasteiger partial charge in [0.25, 0.3) is 0 Å². The van der Waals surface area contributed by atoms with Gasteiger partial charge in [0.1, 0.15) is 121 Å². The molecule has 4 aliphatic carbocycles. The quantitative estimate of drug-likeness (QED) is 0.0397. The van der Waals surface area contributed by atoms with Crippen LogP contribution in [0.1, 0.15) is 128 Å². The predicted molar refractivity (Wildman–Crippen MR) is 334 cm³/mol. The molecule has 0 aromatic rings. The van der Waals surface area contributed by atoms with E-state index >= 15 is 0 Å². The molecule has 0 amide bonds. The highest BCUT2D eigenvalue weighted by molar-refractivity contribution is 5.29. The number of aliphatic hydroxyl groups excluding tert-OH is 18. The van der Waals surface area contributed by atoms with Gasteiger partial charge in [0.2, 0.25) is 0 Å². The van der Waals surface area contributed by atoms with E-state index in [0.29, 0.717) is 25.7 Å². The van der Waals surface area contributed by atoms with Gasteiger partial charge in [0.05, 0.1) is 95.6 Å². The third-order valence-electron chi connectivity index (χ3n) is 24.5. The van der Waals surface area contributed by atoms with E-state index in [4.69, 9.17) is 42.6 Å². The van der Waals surface area contributed by atoms with Crippen LogP contribution in [0.15, 0.2) is 11.6 Å². The molecule has 4 saturated heterocycles. The van der Waals surface area contributed by atoms with E-state index in [1.807, 2.05) is 0 Å². The Morgan fingerprint density at radius 3 is 1.64 bits per heavy atom. The average molecular weight is 1370 g/mol. The molecule has 0 bridgehead atoms. The number of allylic oxidation sites excluding steroid dienone is 1. The van der Waals surface area contributed by atoms with Gasteiger partial charge in [0.15, 0.2) is 5.79 Å². The van der Waals surface area contributed by atoms with Gasteiger partial charge < -0.3 is 140 Å². The summed E-state index contributed by atoms with van der Waals surface area (Å²) in [5, 5.41) is 207. The maximum absolute atomic E-state index is 12.6. The molecule has 4 aliphatic heterocycles. The number of ether oxygens (including phenoxy) is 9. The normalized spacial score (nSPS) is 49.8. The van der Waals surface area contributed by atoms with Crippen molar-refractivity contribution in [2.45, 2.75) is 291 Å². The van der Waals surface area contributed by atoms with Crippen molar-refractivity contribution in [3.63, 3.8) is 0 Å². The zero-order valence-corrected chi connectivity index (χ0v) is 57.4. The van der Waals surface area contributed by atoms with Crippen LogP contribution in [0.4, 0.5) is 0 Å². The monoisotopic (exact) mass is 1370 g/mol. The lowest BCUT2D eigenvalue weighted by molar-refractivity contribution is -0.391. The summed E-state index contributed by atoms with van der Waals surface area (Å²) in [4.78, 5) is 0. The first-order valence-electron chi connectivity index (χ1n) is 34.3. The SMILES string of the molecule is CC(C1CC(O)[C@]2(C)C3CCC(OCC4(C)CC(COCC5(C)OC(CO)[C@@H](O)C(O)[C@@H]5O)[C@@H](O)C(O)[C@@H]4O)C(C)(C)C3=CCC2[C@H]1C)[C@H](C)CCC(OC[C@H]1OC(COCC2(C)OC(CO)[C@H](O)[C@H](O)C2O)[C@H](O)[C@H](O)C1O[C@@]1(C)OC(CO)[C@H](O)[C@H](O)C1O)C(C)(C)O. The average Bonchev–Trinajstić information content (AvgIpc) is 0.711. The lowest BCUT2D eigenvalue weighted by atomic mass is 9.44. The van der Waals surface area contributed by atoms with Crippen molar-refractivity contribution in [1.29, 1.82) is 0 Å². The highest BCUT2D eigenvalue weighted by Gasteiger charge is 2.62. The fourth-order valence-electron chi connectivity index (χ4n) is 17.7. The Hall–Kier alpha value is -1.38. The second-order valence-corrected chi connectivity index (χ2v) is 32.0. The molecular weight excluding hydrogens is 1250 g/mol. The van der Waals surface area contributed by atoms with Gasteiger partial charge in [-0.25, -0.2) is 0 Å². The van der Waals surface area contributed by atoms with Gasteiger partial charge in [-0.05, 0) is 115 Å². The molecule has 4 heterocycles. The zero-order valence-electron chi connectivity index (χ0n) is 57.4. The fourth-order valence-corrected chi connectivity index (χ4v) is 17.7. The summed E-state index contributed by atoms with van der Waals surface area (Å²) in [6.45, 7) is 18.5. The maximum Gasteiger partial charge on any atom is 0.195 e. The standard InChI is InChI=1S/C67H118O28/c1-30(13-17-45(62(6,7)86)89-26-42-56(95-67(12)60(85)55(81)49(75)40(23-70)94-67)51(77)50(76)41(91-42)25-88-29-65(10)59(84)54(80)48(74)39(22-69)93-65)31(2)34-19-43(71)66(11)35(32(34)3)14-15-36-37(66)16-18-44(61(36,4)5)90-27-63(8)20-33(46(72)52(78)57(63)82)24-87-28-64(9)58(83)53(79)47(73)38(21-68)92-64/h15,30-35,37-60,68-86H,13-14,16-29H2,1-12H3/t30-,31?,32+,33?,34?,35?,37?,38?,39?,40?,41?,42-,43?,44?,45?,46-,47-,48+,49+,50+,51+,52?,53?,54+,55+,56?,57+,58+,59?,60?,63?,64?,65?,66+,67-/m1/s1. The van der Waals surface area contributed by atoms with Crippen molar-refractivity contribution in [3.8, 4) is 0 Å². The highest BCUT2D eigenvalue weighted by atomic mass is 16.7. The first-order valence-corrected chi connectivity index (χ1v) is 34.3. The molecule has 7 fully saturated rings. The molecular formula is C67H118O28. The van der Waals surface area contributed by atoms with Crippen molar-refractivity contribution >= 4 is 0 Å². The molecule has 8 rings (SSSR count). The molecule has 0 radical (unpaired) electrons. The third-order valence-corrected chi connectivity index (χ3v) is 24.5. The Kier molecular flexibility index (Phi) is 25.5. The Morgan fingerprint density at radius 2 is 1.09 bits per heavy atom. The zero-order chi connectivity index (χ0) is 70.8. The van der Waals surface area contributed by atoms with Crippen LogP contribution in [0.3, 0.4) is 0 Å². The molecule has 19 N–H and O–H groups in total. The summed E-state index contributed by atoms with van der Waals surface area (Å²) in [7, 11) is 0. The van der Waals surface area contributed by atoms with Crippen LogP contribution in [0.5, 0.6) is 0 Å². The Morgan fingerprint density at radius 1 is 0.579 bits per heavy atom. The topological polar surface area (TPSA) is 467 Å². The van der Waals surface area contributed by atoms with Crippen LogP contribution < -0.4 is 0 Å². The van der Waals surface area contributed by atoms with Crippen LogP contribution in [0.2, 0.25) is 0 Å². The van der Waals surface area contributed by atoms with Gasteiger partial charge in [-0.3, -0.25) is 0 Å². The molecule has 8 aliphatic rings. The van der Waals surface area contributed by atoms with Gasteiger partial charge >= 0.3 is 0 Å². The molecule has 20 unspecified atom stereocenters. The van der Waals surface area contributed by atoms with Crippen LogP contribution in [0.25, 0.3) is 0 Å². The van der Waals surface area contributed by atoms with E-state index in [1.165, 1.54) is 26.3 Å². The number of hydrogen-bond acceptors (Lipinski definition) is 28. The smallest absolute Gasteiger partial charge is 0.195 e. The molecule has 0 aromatic carbocycles. The summed E-state index contributed by atoms with van der Waals surface area (Å²) in [5.74, 6) is -2.31. The minimum atomic E-state index is -2.22.